The second-order valence-electron chi connectivity index (χ2n) is 4.16. The summed E-state index contributed by atoms with van der Waals surface area (Å²) in [6, 6.07) is 8.38. The van der Waals surface area contributed by atoms with Crippen molar-refractivity contribution in [1.29, 1.82) is 0 Å². The van der Waals surface area contributed by atoms with Crippen LogP contribution in [0.1, 0.15) is 11.9 Å². The minimum atomic E-state index is -0.549. The molecule has 1 aromatic heterocycles. The van der Waals surface area contributed by atoms with Gasteiger partial charge in [-0.15, -0.1) is 10.2 Å². The van der Waals surface area contributed by atoms with Gasteiger partial charge in [-0.05, 0) is 26.0 Å². The lowest BCUT2D eigenvalue weighted by molar-refractivity contribution is -0.119. The first-order chi connectivity index (χ1) is 10.0. The Morgan fingerprint density at radius 3 is 2.57 bits per heavy atom. The van der Waals surface area contributed by atoms with Crippen molar-refractivity contribution in [3.8, 4) is 0 Å². The maximum absolute atomic E-state index is 11.9. The molecule has 1 atom stereocenters. The molecule has 2 aromatic rings. The number of aryl methyl sites for hydroxylation is 1. The smallest absolute Gasteiger partial charge is 0.308 e. The van der Waals surface area contributed by atoms with Crippen LogP contribution in [0.4, 0.5) is 10.5 Å². The number of rotatable bonds is 4. The number of anilines is 1. The number of hydrogen-bond donors (Lipinski definition) is 2. The van der Waals surface area contributed by atoms with E-state index in [0.717, 1.165) is 5.01 Å². The Hall–Kier alpha value is -1.93. The van der Waals surface area contributed by atoms with Gasteiger partial charge in [-0.3, -0.25) is 10.1 Å². The highest BCUT2D eigenvalue weighted by Crippen LogP contribution is 2.26. The average molecular weight is 322 g/mol. The third-order valence-corrected chi connectivity index (χ3v) is 4.45. The van der Waals surface area contributed by atoms with E-state index in [2.05, 4.69) is 20.8 Å². The number of aromatic nitrogens is 2. The van der Waals surface area contributed by atoms with Crippen LogP contribution in [0.3, 0.4) is 0 Å². The molecular formula is C13H14N4O2S2. The quantitative estimate of drug-likeness (QED) is 0.846. The summed E-state index contributed by atoms with van der Waals surface area (Å²) in [4.78, 5) is 23.6. The van der Waals surface area contributed by atoms with Gasteiger partial charge >= 0.3 is 6.03 Å². The van der Waals surface area contributed by atoms with Crippen molar-refractivity contribution in [2.75, 3.05) is 5.32 Å². The van der Waals surface area contributed by atoms with Crippen LogP contribution < -0.4 is 10.6 Å². The lowest BCUT2D eigenvalue weighted by atomic mass is 10.3. The lowest BCUT2D eigenvalue weighted by Crippen LogP contribution is -2.38. The van der Waals surface area contributed by atoms with Gasteiger partial charge in [0.1, 0.15) is 5.01 Å². The molecule has 21 heavy (non-hydrogen) atoms. The van der Waals surface area contributed by atoms with Gasteiger partial charge in [0.25, 0.3) is 0 Å². The molecular weight excluding hydrogens is 308 g/mol. The van der Waals surface area contributed by atoms with Crippen molar-refractivity contribution in [1.82, 2.24) is 15.5 Å². The van der Waals surface area contributed by atoms with Crippen LogP contribution >= 0.6 is 23.1 Å². The highest BCUT2D eigenvalue weighted by atomic mass is 32.2. The van der Waals surface area contributed by atoms with Crippen LogP contribution in [0.15, 0.2) is 34.7 Å². The Balaban J connectivity index is 1.84. The first-order valence-corrected chi connectivity index (χ1v) is 7.88. The maximum Gasteiger partial charge on any atom is 0.325 e. The van der Waals surface area contributed by atoms with Crippen molar-refractivity contribution in [3.05, 3.63) is 35.3 Å². The maximum atomic E-state index is 11.9. The Bertz CT molecular complexity index is 630. The van der Waals surface area contributed by atoms with E-state index in [9.17, 15) is 9.59 Å². The van der Waals surface area contributed by atoms with Gasteiger partial charge in [-0.2, -0.15) is 0 Å². The summed E-state index contributed by atoms with van der Waals surface area (Å²) in [5.74, 6) is -0.374. The van der Waals surface area contributed by atoms with E-state index in [1.165, 1.54) is 23.1 Å². The number of benzene rings is 1. The van der Waals surface area contributed by atoms with E-state index in [-0.39, 0.29) is 5.91 Å². The molecule has 0 radical (unpaired) electrons. The normalized spacial score (nSPS) is 11.7. The third kappa shape index (κ3) is 4.83. The fraction of sp³-hybridized carbons (Fsp3) is 0.231. The average Bonchev–Trinajstić information content (AvgIpc) is 2.85. The summed E-state index contributed by atoms with van der Waals surface area (Å²) in [5, 5.41) is 13.1. The van der Waals surface area contributed by atoms with Crippen molar-refractivity contribution in [3.63, 3.8) is 0 Å². The van der Waals surface area contributed by atoms with Gasteiger partial charge < -0.3 is 5.32 Å². The minimum Gasteiger partial charge on any atom is -0.308 e. The number of thioether (sulfide) groups is 1. The van der Waals surface area contributed by atoms with Crippen molar-refractivity contribution < 1.29 is 9.59 Å². The fourth-order valence-corrected chi connectivity index (χ4v) is 3.39. The van der Waals surface area contributed by atoms with Crippen LogP contribution in [0.5, 0.6) is 0 Å². The number of urea groups is 1. The van der Waals surface area contributed by atoms with Gasteiger partial charge in [0, 0.05) is 5.69 Å². The zero-order valence-corrected chi connectivity index (χ0v) is 13.1. The molecule has 1 aromatic carbocycles. The number of amides is 3. The topological polar surface area (TPSA) is 84.0 Å². The molecule has 0 aliphatic carbocycles. The Morgan fingerprint density at radius 2 is 1.95 bits per heavy atom. The van der Waals surface area contributed by atoms with Crippen LogP contribution in [-0.4, -0.2) is 27.4 Å². The number of carbonyl (C=O) groups excluding carboxylic acids is 2. The molecule has 0 aliphatic heterocycles. The molecule has 0 bridgehead atoms. The molecule has 1 unspecified atom stereocenters. The van der Waals surface area contributed by atoms with E-state index < -0.39 is 11.3 Å². The molecule has 1 heterocycles. The second-order valence-corrected chi connectivity index (χ2v) is 6.93. The summed E-state index contributed by atoms with van der Waals surface area (Å²) in [6.45, 7) is 3.56. The molecule has 0 spiro atoms. The van der Waals surface area contributed by atoms with Crippen LogP contribution in [-0.2, 0) is 4.79 Å². The highest BCUT2D eigenvalue weighted by Gasteiger charge is 2.18. The third-order valence-electron chi connectivity index (χ3n) is 2.42. The van der Waals surface area contributed by atoms with Crippen molar-refractivity contribution in [2.24, 2.45) is 0 Å². The van der Waals surface area contributed by atoms with Gasteiger partial charge in [0.15, 0.2) is 4.34 Å². The molecule has 2 rings (SSSR count). The highest BCUT2D eigenvalue weighted by molar-refractivity contribution is 8.02. The standard InChI is InChI=1S/C13H14N4O2S2/c1-8(20-13-17-16-9(2)21-13)11(18)15-12(19)14-10-6-4-3-5-7-10/h3-8H,1-2H3,(H2,14,15,18,19). The molecule has 2 N–H and O–H groups in total. The predicted molar refractivity (Wildman–Crippen MR) is 83.6 cm³/mol. The number of nitrogens with zero attached hydrogens (tertiary/aromatic N) is 2. The van der Waals surface area contributed by atoms with Crippen molar-refractivity contribution in [2.45, 2.75) is 23.4 Å². The van der Waals surface area contributed by atoms with E-state index in [4.69, 9.17) is 0 Å². The van der Waals surface area contributed by atoms with E-state index >= 15 is 0 Å². The van der Waals surface area contributed by atoms with Gasteiger partial charge in [0.2, 0.25) is 5.91 Å². The molecule has 110 valence electrons. The van der Waals surface area contributed by atoms with E-state index in [1.807, 2.05) is 13.0 Å². The number of para-hydroxylation sites is 1. The summed E-state index contributed by atoms with van der Waals surface area (Å²) in [5.41, 5.74) is 0.628. The molecule has 3 amide bonds. The van der Waals surface area contributed by atoms with E-state index in [0.29, 0.717) is 10.0 Å². The van der Waals surface area contributed by atoms with Gasteiger partial charge in [-0.1, -0.05) is 41.3 Å². The van der Waals surface area contributed by atoms with Crippen LogP contribution in [0.25, 0.3) is 0 Å². The van der Waals surface area contributed by atoms with Crippen molar-refractivity contribution >= 4 is 40.7 Å². The zero-order valence-electron chi connectivity index (χ0n) is 11.5. The first kappa shape index (κ1) is 15.5. The molecule has 8 heteroatoms. The second kappa shape index (κ2) is 7.19. The monoisotopic (exact) mass is 322 g/mol. The largest absolute Gasteiger partial charge is 0.325 e. The minimum absolute atomic E-state index is 0.374. The predicted octanol–water partition coefficient (Wildman–Crippen LogP) is 2.68. The first-order valence-electron chi connectivity index (χ1n) is 6.18. The van der Waals surface area contributed by atoms with Crippen LogP contribution in [0, 0.1) is 6.92 Å². The zero-order chi connectivity index (χ0) is 15.2. The Kier molecular flexibility index (Phi) is 5.29. The SMILES string of the molecule is Cc1nnc(SC(C)C(=O)NC(=O)Nc2ccccc2)s1. The number of hydrogen-bond acceptors (Lipinski definition) is 6. The number of nitrogens with one attached hydrogen (secondary N) is 2. The Morgan fingerprint density at radius 1 is 1.24 bits per heavy atom. The molecule has 0 fully saturated rings. The fourth-order valence-electron chi connectivity index (χ4n) is 1.43. The molecule has 0 saturated heterocycles. The lowest BCUT2D eigenvalue weighted by Gasteiger charge is -2.10. The van der Waals surface area contributed by atoms with Crippen LogP contribution in [0.2, 0.25) is 0 Å². The number of carbonyl (C=O) groups is 2. The van der Waals surface area contributed by atoms with Gasteiger partial charge in [-0.25, -0.2) is 4.79 Å². The molecule has 0 saturated carbocycles. The van der Waals surface area contributed by atoms with Gasteiger partial charge in [0.05, 0.1) is 5.25 Å². The molecule has 6 nitrogen and oxygen atoms in total. The summed E-state index contributed by atoms with van der Waals surface area (Å²) < 4.78 is 0.707. The number of imide groups is 1. The Labute approximate surface area is 130 Å². The summed E-state index contributed by atoms with van der Waals surface area (Å²) in [7, 11) is 0. The summed E-state index contributed by atoms with van der Waals surface area (Å²) in [6.07, 6.45) is 0. The van der Waals surface area contributed by atoms with E-state index in [1.54, 1.807) is 31.2 Å². The molecule has 0 aliphatic rings. The summed E-state index contributed by atoms with van der Waals surface area (Å²) >= 11 is 2.69.